The van der Waals surface area contributed by atoms with Gasteiger partial charge in [-0.05, 0) is 31.9 Å². The third-order valence-electron chi connectivity index (χ3n) is 7.04. The van der Waals surface area contributed by atoms with E-state index in [0.29, 0.717) is 11.0 Å². The van der Waals surface area contributed by atoms with Gasteiger partial charge in [-0.1, -0.05) is 13.3 Å². The van der Waals surface area contributed by atoms with Crippen LogP contribution >= 0.6 is 0 Å². The van der Waals surface area contributed by atoms with Crippen LogP contribution in [0, 0.1) is 22.6 Å². The van der Waals surface area contributed by atoms with E-state index in [1.54, 1.807) is 4.52 Å². The van der Waals surface area contributed by atoms with Crippen LogP contribution in [0.3, 0.4) is 0 Å². The van der Waals surface area contributed by atoms with Crippen LogP contribution in [0.5, 0.6) is 0 Å². The minimum absolute atomic E-state index is 0.130. The summed E-state index contributed by atoms with van der Waals surface area (Å²) >= 11 is 0. The van der Waals surface area contributed by atoms with Gasteiger partial charge in [-0.15, -0.1) is 0 Å². The van der Waals surface area contributed by atoms with E-state index >= 15 is 0 Å². The Morgan fingerprint density at radius 2 is 2.20 bits per heavy atom. The van der Waals surface area contributed by atoms with Crippen LogP contribution < -0.4 is 5.32 Å². The number of carbonyl (C=O) groups is 1. The number of aromatic amines is 1. The lowest BCUT2D eigenvalue weighted by molar-refractivity contribution is 0.0964. The van der Waals surface area contributed by atoms with Crippen LogP contribution in [0.2, 0.25) is 0 Å². The fourth-order valence-corrected chi connectivity index (χ4v) is 5.18. The van der Waals surface area contributed by atoms with Crippen LogP contribution in [0.4, 0.5) is 4.39 Å². The number of hydrogen-bond acceptors (Lipinski definition) is 4. The Kier molecular flexibility index (Phi) is 4.16. The highest BCUT2D eigenvalue weighted by molar-refractivity contribution is 6.05. The number of benzene rings is 1. The van der Waals surface area contributed by atoms with Gasteiger partial charge in [0.05, 0.1) is 22.6 Å². The third kappa shape index (κ3) is 2.72. The molecule has 1 unspecified atom stereocenters. The van der Waals surface area contributed by atoms with Crippen molar-refractivity contribution >= 4 is 22.6 Å². The van der Waals surface area contributed by atoms with Gasteiger partial charge in [-0.3, -0.25) is 9.89 Å². The van der Waals surface area contributed by atoms with Gasteiger partial charge in [0.25, 0.3) is 5.91 Å². The second kappa shape index (κ2) is 6.54. The maximum atomic E-state index is 14.1. The second-order valence-electron chi connectivity index (χ2n) is 9.13. The Morgan fingerprint density at radius 1 is 1.40 bits per heavy atom. The fourth-order valence-electron chi connectivity index (χ4n) is 5.18. The van der Waals surface area contributed by atoms with Crippen LogP contribution in [0.1, 0.15) is 48.5 Å². The van der Waals surface area contributed by atoms with Gasteiger partial charge >= 0.3 is 0 Å². The first-order chi connectivity index (χ1) is 14.4. The minimum Gasteiger partial charge on any atom is -0.355 e. The Bertz CT molecular complexity index is 1200. The van der Waals surface area contributed by atoms with Crippen molar-refractivity contribution < 1.29 is 9.18 Å². The number of nitrogens with one attached hydrogen (secondary N) is 2. The number of aromatic nitrogens is 3. The summed E-state index contributed by atoms with van der Waals surface area (Å²) in [5.41, 5.74) is 2.77. The maximum Gasteiger partial charge on any atom is 0.253 e. The summed E-state index contributed by atoms with van der Waals surface area (Å²) in [4.78, 5) is 19.4. The van der Waals surface area contributed by atoms with E-state index in [4.69, 9.17) is 0 Å². The number of fused-ring (bicyclic) bond motifs is 3. The molecule has 1 aliphatic heterocycles. The molecule has 0 bridgehead atoms. The highest BCUT2D eigenvalue weighted by Gasteiger charge is 2.44. The van der Waals surface area contributed by atoms with Crippen LogP contribution in [-0.2, 0) is 5.41 Å². The Balaban J connectivity index is 1.53. The molecule has 2 aliphatic rings. The molecular weight excluding hydrogens is 383 g/mol. The zero-order chi connectivity index (χ0) is 21.1. The van der Waals surface area contributed by atoms with Crippen LogP contribution in [-0.4, -0.2) is 52.1 Å². The molecule has 2 fully saturated rings. The van der Waals surface area contributed by atoms with Crippen molar-refractivity contribution in [2.45, 2.75) is 38.0 Å². The molecule has 8 heteroatoms. The molecular formula is C22H25FN6O. The van der Waals surface area contributed by atoms with Crippen molar-refractivity contribution in [3.63, 3.8) is 0 Å². The van der Waals surface area contributed by atoms with Crippen molar-refractivity contribution in [2.75, 3.05) is 26.7 Å². The molecule has 1 saturated carbocycles. The Morgan fingerprint density at radius 3 is 2.87 bits per heavy atom. The SMILES string of the molecule is CNC(=O)c1cc(F)cc2nc3c(C4(C)CCN(CC5(C#N)CCC5)C4)c[nH]n3c12. The van der Waals surface area contributed by atoms with Gasteiger partial charge in [-0.25, -0.2) is 13.9 Å². The molecule has 30 heavy (non-hydrogen) atoms. The summed E-state index contributed by atoms with van der Waals surface area (Å²) in [6, 6.07) is 5.15. The molecule has 1 aromatic carbocycles. The van der Waals surface area contributed by atoms with E-state index in [0.717, 1.165) is 56.5 Å². The maximum absolute atomic E-state index is 14.1. The molecule has 1 aliphatic carbocycles. The number of hydrogen-bond donors (Lipinski definition) is 2. The standard InChI is InChI=1S/C22H25FN6O/c1-21(6-7-28(12-21)13-22(11-24)4-3-5-22)16-10-26-29-18-15(20(30)25-2)8-14(23)9-17(18)27-19(16)29/h8-10,26H,3-7,12-13H2,1-2H3,(H,25,30). The number of nitrogens with zero attached hydrogens (tertiary/aromatic N) is 4. The summed E-state index contributed by atoms with van der Waals surface area (Å²) in [6.07, 6.45) is 6.03. The molecule has 3 heterocycles. The number of rotatable bonds is 4. The molecule has 7 nitrogen and oxygen atoms in total. The summed E-state index contributed by atoms with van der Waals surface area (Å²) in [5, 5.41) is 15.4. The summed E-state index contributed by atoms with van der Waals surface area (Å²) < 4.78 is 15.9. The number of H-pyrrole nitrogens is 1. The van der Waals surface area contributed by atoms with Gasteiger partial charge in [0, 0.05) is 43.4 Å². The number of amides is 1. The van der Waals surface area contributed by atoms with E-state index in [-0.39, 0.29) is 22.3 Å². The second-order valence-corrected chi connectivity index (χ2v) is 9.13. The molecule has 2 aromatic heterocycles. The fraction of sp³-hybridized carbons (Fsp3) is 0.500. The zero-order valence-corrected chi connectivity index (χ0v) is 17.3. The molecule has 0 spiro atoms. The predicted octanol–water partition coefficient (Wildman–Crippen LogP) is 2.97. The first-order valence-corrected chi connectivity index (χ1v) is 10.4. The quantitative estimate of drug-likeness (QED) is 0.695. The van der Waals surface area contributed by atoms with Crippen molar-refractivity contribution in [3.8, 4) is 6.07 Å². The van der Waals surface area contributed by atoms with Crippen LogP contribution in [0.25, 0.3) is 16.7 Å². The number of nitriles is 1. The lowest BCUT2D eigenvalue weighted by Gasteiger charge is -2.38. The van der Waals surface area contributed by atoms with Gasteiger partial charge in [0.15, 0.2) is 5.65 Å². The highest BCUT2D eigenvalue weighted by Crippen LogP contribution is 2.44. The topological polar surface area (TPSA) is 89.2 Å². The lowest BCUT2D eigenvalue weighted by Crippen LogP contribution is -2.41. The van der Waals surface area contributed by atoms with Gasteiger partial charge < -0.3 is 10.2 Å². The van der Waals surface area contributed by atoms with Crippen molar-refractivity contribution in [2.24, 2.45) is 5.41 Å². The van der Waals surface area contributed by atoms with E-state index in [9.17, 15) is 14.4 Å². The molecule has 1 amide bonds. The summed E-state index contributed by atoms with van der Waals surface area (Å²) in [5.74, 6) is -0.832. The molecule has 0 radical (unpaired) electrons. The van der Waals surface area contributed by atoms with Gasteiger partial charge in [0.1, 0.15) is 11.3 Å². The lowest BCUT2D eigenvalue weighted by atomic mass is 9.69. The van der Waals surface area contributed by atoms with Gasteiger partial charge in [-0.2, -0.15) is 5.26 Å². The molecule has 156 valence electrons. The molecule has 1 atom stereocenters. The number of halogens is 1. The normalized spacial score (nSPS) is 23.5. The average molecular weight is 408 g/mol. The monoisotopic (exact) mass is 408 g/mol. The van der Waals surface area contributed by atoms with E-state index < -0.39 is 5.82 Å². The van der Waals surface area contributed by atoms with Crippen molar-refractivity contribution in [1.82, 2.24) is 24.8 Å². The van der Waals surface area contributed by atoms with Crippen molar-refractivity contribution in [3.05, 3.63) is 35.3 Å². The predicted molar refractivity (Wildman–Crippen MR) is 111 cm³/mol. The largest absolute Gasteiger partial charge is 0.355 e. The first-order valence-electron chi connectivity index (χ1n) is 10.4. The molecule has 1 saturated heterocycles. The van der Waals surface area contributed by atoms with Crippen LogP contribution in [0.15, 0.2) is 18.3 Å². The van der Waals surface area contributed by atoms with E-state index in [1.165, 1.54) is 19.2 Å². The summed E-state index contributed by atoms with van der Waals surface area (Å²) in [6.45, 7) is 4.83. The number of likely N-dealkylation sites (tertiary alicyclic amines) is 1. The number of carbonyl (C=O) groups excluding carboxylic acids is 1. The summed E-state index contributed by atoms with van der Waals surface area (Å²) in [7, 11) is 1.53. The Hall–Kier alpha value is -2.92. The Labute approximate surface area is 173 Å². The third-order valence-corrected chi connectivity index (χ3v) is 7.04. The van der Waals surface area contributed by atoms with E-state index in [1.807, 2.05) is 6.20 Å². The van der Waals surface area contributed by atoms with Gasteiger partial charge in [0.2, 0.25) is 0 Å². The molecule has 3 aromatic rings. The minimum atomic E-state index is -0.482. The van der Waals surface area contributed by atoms with E-state index in [2.05, 4.69) is 33.3 Å². The zero-order valence-electron chi connectivity index (χ0n) is 17.3. The first kappa shape index (κ1) is 19.1. The van der Waals surface area contributed by atoms with Crippen molar-refractivity contribution in [1.29, 1.82) is 5.26 Å². The smallest absolute Gasteiger partial charge is 0.253 e. The average Bonchev–Trinajstić information content (AvgIpc) is 3.37. The highest BCUT2D eigenvalue weighted by atomic mass is 19.1. The number of imidazole rings is 1. The molecule has 5 rings (SSSR count). The molecule has 2 N–H and O–H groups in total.